The Balaban J connectivity index is 1.63. The van der Waals surface area contributed by atoms with Gasteiger partial charge < -0.3 is 9.97 Å². The van der Waals surface area contributed by atoms with Gasteiger partial charge in [-0.1, -0.05) is 36.4 Å². The van der Waals surface area contributed by atoms with Gasteiger partial charge in [0.05, 0.1) is 27.6 Å². The maximum Gasteiger partial charge on any atom is 0.159 e. The summed E-state index contributed by atoms with van der Waals surface area (Å²) in [5, 5.41) is 8.66. The molecule has 0 bridgehead atoms. The summed E-state index contributed by atoms with van der Waals surface area (Å²) in [4.78, 5) is 16.3. The van der Waals surface area contributed by atoms with Gasteiger partial charge in [-0.2, -0.15) is 5.10 Å². The molecule has 0 saturated heterocycles. The summed E-state index contributed by atoms with van der Waals surface area (Å²) in [6.45, 7) is 0. The number of imidazole rings is 2. The van der Waals surface area contributed by atoms with Crippen molar-refractivity contribution >= 4 is 33.0 Å². The summed E-state index contributed by atoms with van der Waals surface area (Å²) >= 11 is 0. The van der Waals surface area contributed by atoms with Gasteiger partial charge in [0, 0.05) is 10.9 Å². The molecule has 6 heteroatoms. The van der Waals surface area contributed by atoms with Crippen molar-refractivity contribution in [2.24, 2.45) is 0 Å². The van der Waals surface area contributed by atoms with Gasteiger partial charge >= 0.3 is 0 Å². The number of rotatable bonds is 2. The Morgan fingerprint density at radius 3 is 1.96 bits per heavy atom. The highest BCUT2D eigenvalue weighted by atomic mass is 15.1. The molecule has 0 fully saturated rings. The van der Waals surface area contributed by atoms with E-state index in [1.807, 2.05) is 60.7 Å². The molecular formula is C21H14N6. The van der Waals surface area contributed by atoms with Crippen LogP contribution in [-0.2, 0) is 0 Å². The smallest absolute Gasteiger partial charge is 0.159 e. The predicted molar refractivity (Wildman–Crippen MR) is 106 cm³/mol. The van der Waals surface area contributed by atoms with Gasteiger partial charge in [-0.3, -0.25) is 5.10 Å². The molecule has 6 aromatic rings. The highest BCUT2D eigenvalue weighted by Gasteiger charge is 2.18. The largest absolute Gasteiger partial charge is 0.338 e. The normalized spacial score (nSPS) is 11.7. The van der Waals surface area contributed by atoms with Crippen molar-refractivity contribution in [2.75, 3.05) is 0 Å². The van der Waals surface area contributed by atoms with Crippen LogP contribution in [0, 0.1) is 0 Å². The van der Waals surface area contributed by atoms with E-state index in [0.717, 1.165) is 55.9 Å². The zero-order chi connectivity index (χ0) is 17.8. The van der Waals surface area contributed by atoms with Gasteiger partial charge in [0.1, 0.15) is 11.5 Å². The van der Waals surface area contributed by atoms with Gasteiger partial charge in [-0.15, -0.1) is 0 Å². The topological polar surface area (TPSA) is 86.0 Å². The van der Waals surface area contributed by atoms with Crippen molar-refractivity contribution in [1.29, 1.82) is 0 Å². The van der Waals surface area contributed by atoms with E-state index in [9.17, 15) is 0 Å². The number of aromatic nitrogens is 6. The molecule has 128 valence electrons. The van der Waals surface area contributed by atoms with Gasteiger partial charge in [0.15, 0.2) is 5.82 Å². The Labute approximate surface area is 153 Å². The minimum Gasteiger partial charge on any atom is -0.338 e. The van der Waals surface area contributed by atoms with Crippen molar-refractivity contribution < 1.29 is 0 Å². The second kappa shape index (κ2) is 5.28. The molecule has 0 aliphatic rings. The first-order valence-corrected chi connectivity index (χ1v) is 8.74. The van der Waals surface area contributed by atoms with E-state index < -0.39 is 0 Å². The van der Waals surface area contributed by atoms with Crippen LogP contribution >= 0.6 is 0 Å². The van der Waals surface area contributed by atoms with Crippen molar-refractivity contribution in [2.45, 2.75) is 0 Å². The van der Waals surface area contributed by atoms with E-state index in [4.69, 9.17) is 9.97 Å². The van der Waals surface area contributed by atoms with Crippen LogP contribution in [0.2, 0.25) is 0 Å². The number of hydrogen-bond donors (Lipinski definition) is 3. The van der Waals surface area contributed by atoms with E-state index >= 15 is 0 Å². The average Bonchev–Trinajstić information content (AvgIpc) is 3.42. The lowest BCUT2D eigenvalue weighted by Crippen LogP contribution is -1.86. The Morgan fingerprint density at radius 2 is 1.22 bits per heavy atom. The lowest BCUT2D eigenvalue weighted by Gasteiger charge is -2.01. The Bertz CT molecular complexity index is 1370. The van der Waals surface area contributed by atoms with Gasteiger partial charge in [-0.25, -0.2) is 9.97 Å². The summed E-state index contributed by atoms with van der Waals surface area (Å²) in [5.74, 6) is 1.56. The SMILES string of the molecule is c1ccc2[nH]c(-c3cccc4[nH]nc(-c5nc6ccccc6[nH]5)c34)nc2c1. The standard InChI is InChI=1S/C21H14N6/c1-2-8-14-13(7-1)22-20(23-14)12-6-5-11-17-18(12)19(27-26-17)21-24-15-9-3-4-10-16(15)25-21/h1-11H,(H,22,23)(H,24,25)(H,26,27). The van der Waals surface area contributed by atoms with E-state index in [1.165, 1.54) is 0 Å². The molecule has 0 radical (unpaired) electrons. The number of hydrogen-bond acceptors (Lipinski definition) is 3. The first kappa shape index (κ1) is 14.3. The summed E-state index contributed by atoms with van der Waals surface area (Å²) in [6.07, 6.45) is 0. The fourth-order valence-electron chi connectivity index (χ4n) is 3.59. The molecule has 3 heterocycles. The molecular weight excluding hydrogens is 336 g/mol. The summed E-state index contributed by atoms with van der Waals surface area (Å²) in [6, 6.07) is 22.1. The molecule has 0 aliphatic carbocycles. The number of nitrogens with zero attached hydrogens (tertiary/aromatic N) is 3. The third kappa shape index (κ3) is 2.10. The fourth-order valence-corrected chi connectivity index (χ4v) is 3.59. The number of benzene rings is 3. The molecule has 0 spiro atoms. The van der Waals surface area contributed by atoms with E-state index in [2.05, 4.69) is 26.2 Å². The Morgan fingerprint density at radius 1 is 0.593 bits per heavy atom. The summed E-state index contributed by atoms with van der Waals surface area (Å²) in [5.41, 5.74) is 6.60. The molecule has 0 saturated carbocycles. The molecule has 0 aliphatic heterocycles. The minimum atomic E-state index is 0.742. The van der Waals surface area contributed by atoms with E-state index in [-0.39, 0.29) is 0 Å². The molecule has 0 atom stereocenters. The quantitative estimate of drug-likeness (QED) is 0.425. The molecule has 3 N–H and O–H groups in total. The van der Waals surface area contributed by atoms with Crippen LogP contribution in [-0.4, -0.2) is 30.1 Å². The maximum atomic E-state index is 4.76. The zero-order valence-electron chi connectivity index (χ0n) is 14.2. The monoisotopic (exact) mass is 350 g/mol. The first-order chi connectivity index (χ1) is 13.4. The molecule has 6 rings (SSSR count). The van der Waals surface area contributed by atoms with Gasteiger partial charge in [0.25, 0.3) is 0 Å². The number of fused-ring (bicyclic) bond motifs is 3. The van der Waals surface area contributed by atoms with Crippen molar-refractivity contribution in [3.05, 3.63) is 66.7 Å². The molecule has 0 amide bonds. The predicted octanol–water partition coefficient (Wildman–Crippen LogP) is 4.65. The molecule has 27 heavy (non-hydrogen) atoms. The Hall–Kier alpha value is -3.93. The maximum absolute atomic E-state index is 4.76. The van der Waals surface area contributed by atoms with E-state index in [0.29, 0.717) is 0 Å². The van der Waals surface area contributed by atoms with Crippen LogP contribution in [0.3, 0.4) is 0 Å². The van der Waals surface area contributed by atoms with Gasteiger partial charge in [-0.05, 0) is 30.3 Å². The zero-order valence-corrected chi connectivity index (χ0v) is 14.2. The van der Waals surface area contributed by atoms with E-state index in [1.54, 1.807) is 0 Å². The highest BCUT2D eigenvalue weighted by Crippen LogP contribution is 2.34. The fraction of sp³-hybridized carbons (Fsp3) is 0. The van der Waals surface area contributed by atoms with Crippen LogP contribution < -0.4 is 0 Å². The van der Waals surface area contributed by atoms with Crippen LogP contribution in [0.1, 0.15) is 0 Å². The summed E-state index contributed by atoms with van der Waals surface area (Å²) in [7, 11) is 0. The van der Waals surface area contributed by atoms with Crippen LogP contribution in [0.4, 0.5) is 0 Å². The second-order valence-corrected chi connectivity index (χ2v) is 6.51. The average molecular weight is 350 g/mol. The third-order valence-electron chi connectivity index (χ3n) is 4.85. The lowest BCUT2D eigenvalue weighted by atomic mass is 10.1. The number of nitrogens with one attached hydrogen (secondary N) is 3. The Kier molecular flexibility index (Phi) is 2.79. The first-order valence-electron chi connectivity index (χ1n) is 8.74. The molecule has 3 aromatic heterocycles. The molecule has 0 unspecified atom stereocenters. The van der Waals surface area contributed by atoms with Crippen molar-refractivity contribution in [1.82, 2.24) is 30.1 Å². The number of para-hydroxylation sites is 4. The third-order valence-corrected chi connectivity index (χ3v) is 4.85. The lowest BCUT2D eigenvalue weighted by molar-refractivity contribution is 1.11. The summed E-state index contributed by atoms with van der Waals surface area (Å²) < 4.78 is 0. The van der Waals surface area contributed by atoms with Crippen molar-refractivity contribution in [3.8, 4) is 22.9 Å². The van der Waals surface area contributed by atoms with Crippen LogP contribution in [0.15, 0.2) is 66.7 Å². The van der Waals surface area contributed by atoms with Crippen molar-refractivity contribution in [3.63, 3.8) is 0 Å². The number of H-pyrrole nitrogens is 3. The molecule has 3 aromatic carbocycles. The van der Waals surface area contributed by atoms with Crippen LogP contribution in [0.25, 0.3) is 55.9 Å². The van der Waals surface area contributed by atoms with Gasteiger partial charge in [0.2, 0.25) is 0 Å². The molecule has 6 nitrogen and oxygen atoms in total. The minimum absolute atomic E-state index is 0.742. The number of aromatic amines is 3. The second-order valence-electron chi connectivity index (χ2n) is 6.51. The van der Waals surface area contributed by atoms with Crippen LogP contribution in [0.5, 0.6) is 0 Å². The highest BCUT2D eigenvalue weighted by molar-refractivity contribution is 6.03.